The van der Waals surface area contributed by atoms with Gasteiger partial charge in [0.25, 0.3) is 0 Å². The Morgan fingerprint density at radius 1 is 0.875 bits per heavy atom. The van der Waals surface area contributed by atoms with Gasteiger partial charge in [0.2, 0.25) is 5.91 Å². The molecule has 0 rings (SSSR count). The summed E-state index contributed by atoms with van der Waals surface area (Å²) in [5, 5.41) is 27.0. The van der Waals surface area contributed by atoms with Gasteiger partial charge in [0.05, 0.1) is 0 Å². The Bertz CT molecular complexity index is 385. The van der Waals surface area contributed by atoms with E-state index in [4.69, 9.17) is 15.3 Å². The first-order valence-corrected chi connectivity index (χ1v) is 8.84. The van der Waals surface area contributed by atoms with Crippen LogP contribution in [0, 0.1) is 0 Å². The maximum Gasteiger partial charge on any atom is 0.414 e. The van der Waals surface area contributed by atoms with Crippen molar-refractivity contribution in [2.75, 3.05) is 6.61 Å². The Morgan fingerprint density at radius 3 is 1.79 bits per heavy atom. The predicted molar refractivity (Wildman–Crippen MR) is 89.8 cm³/mol. The van der Waals surface area contributed by atoms with Crippen molar-refractivity contribution in [1.82, 2.24) is 4.90 Å². The van der Waals surface area contributed by atoms with Crippen molar-refractivity contribution in [2.45, 2.75) is 83.6 Å². The van der Waals surface area contributed by atoms with E-state index in [1.54, 1.807) is 0 Å². The number of amides is 2. The highest BCUT2D eigenvalue weighted by Gasteiger charge is 2.33. The lowest BCUT2D eigenvalue weighted by molar-refractivity contribution is -0.149. The molecule has 0 fully saturated rings. The molecule has 2 amide bonds. The molecule has 0 aromatic heterocycles. The quantitative estimate of drug-likeness (QED) is 0.416. The minimum absolute atomic E-state index is 0.0113. The van der Waals surface area contributed by atoms with Crippen LogP contribution in [-0.2, 0) is 9.59 Å². The van der Waals surface area contributed by atoms with Gasteiger partial charge in [0.15, 0.2) is 0 Å². The normalized spacial score (nSPS) is 11.9. The monoisotopic (exact) mass is 345 g/mol. The van der Waals surface area contributed by atoms with Crippen molar-refractivity contribution in [3.8, 4) is 0 Å². The molecule has 24 heavy (non-hydrogen) atoms. The fraction of sp³-hybridized carbons (Fsp3) is 0.824. The molecule has 7 nitrogen and oxygen atoms in total. The summed E-state index contributed by atoms with van der Waals surface area (Å²) in [7, 11) is 0. The van der Waals surface area contributed by atoms with Crippen LogP contribution in [0.1, 0.15) is 77.6 Å². The molecule has 1 atom stereocenters. The largest absolute Gasteiger partial charge is 0.480 e. The topological polar surface area (TPSA) is 115 Å². The van der Waals surface area contributed by atoms with Crippen LogP contribution in [0.2, 0.25) is 0 Å². The number of carbonyl (C=O) groups is 3. The van der Waals surface area contributed by atoms with E-state index in [1.807, 2.05) is 0 Å². The predicted octanol–water partition coefficient (Wildman–Crippen LogP) is 3.25. The Kier molecular flexibility index (Phi) is 12.8. The van der Waals surface area contributed by atoms with Crippen molar-refractivity contribution in [3.05, 3.63) is 0 Å². The van der Waals surface area contributed by atoms with Gasteiger partial charge in [-0.15, -0.1) is 0 Å². The summed E-state index contributed by atoms with van der Waals surface area (Å²) in [5.74, 6) is -2.14. The first-order chi connectivity index (χ1) is 11.5. The fourth-order valence-electron chi connectivity index (χ4n) is 2.61. The van der Waals surface area contributed by atoms with Crippen LogP contribution in [-0.4, -0.2) is 50.8 Å². The van der Waals surface area contributed by atoms with Crippen molar-refractivity contribution in [3.63, 3.8) is 0 Å². The number of carboxylic acid groups (broad SMARTS) is 2. The first-order valence-electron chi connectivity index (χ1n) is 8.84. The van der Waals surface area contributed by atoms with E-state index in [0.29, 0.717) is 11.3 Å². The molecule has 0 unspecified atom stereocenters. The lowest BCUT2D eigenvalue weighted by Crippen LogP contribution is -2.48. The van der Waals surface area contributed by atoms with Crippen LogP contribution in [0.5, 0.6) is 0 Å². The molecular formula is C17H31NO6. The minimum Gasteiger partial charge on any atom is -0.480 e. The van der Waals surface area contributed by atoms with Gasteiger partial charge >= 0.3 is 12.1 Å². The highest BCUT2D eigenvalue weighted by atomic mass is 16.4. The van der Waals surface area contributed by atoms with E-state index < -0.39 is 30.6 Å². The molecular weight excluding hydrogens is 314 g/mol. The first kappa shape index (κ1) is 22.4. The SMILES string of the molecule is CCCCCCCCCCCC(=O)N(C(=O)O)[C@@H](CCO)C(=O)O. The second-order valence-corrected chi connectivity index (χ2v) is 5.99. The molecule has 0 saturated heterocycles. The third-order valence-electron chi connectivity index (χ3n) is 3.97. The van der Waals surface area contributed by atoms with Gasteiger partial charge in [-0.05, 0) is 6.42 Å². The van der Waals surface area contributed by atoms with E-state index in [2.05, 4.69) is 6.92 Å². The summed E-state index contributed by atoms with van der Waals surface area (Å²) in [5.41, 5.74) is 0. The zero-order valence-corrected chi connectivity index (χ0v) is 14.6. The van der Waals surface area contributed by atoms with Crippen LogP contribution in [0.3, 0.4) is 0 Å². The number of nitrogens with zero attached hydrogens (tertiary/aromatic N) is 1. The molecule has 0 radical (unpaired) electrons. The van der Waals surface area contributed by atoms with Crippen molar-refractivity contribution in [2.24, 2.45) is 0 Å². The highest BCUT2D eigenvalue weighted by molar-refractivity contribution is 5.95. The highest BCUT2D eigenvalue weighted by Crippen LogP contribution is 2.13. The minimum atomic E-state index is -1.59. The molecule has 7 heteroatoms. The summed E-state index contributed by atoms with van der Waals surface area (Å²) >= 11 is 0. The molecule has 0 heterocycles. The second kappa shape index (κ2) is 13.8. The Labute approximate surface area is 143 Å². The fourth-order valence-corrected chi connectivity index (χ4v) is 2.61. The Hall–Kier alpha value is -1.63. The van der Waals surface area contributed by atoms with Gasteiger partial charge in [-0.1, -0.05) is 58.3 Å². The van der Waals surface area contributed by atoms with Crippen molar-refractivity contribution in [1.29, 1.82) is 0 Å². The molecule has 0 spiro atoms. The number of aliphatic hydroxyl groups is 1. The molecule has 0 saturated carbocycles. The smallest absolute Gasteiger partial charge is 0.414 e. The lowest BCUT2D eigenvalue weighted by Gasteiger charge is -2.23. The maximum atomic E-state index is 12.0. The number of hydrogen-bond donors (Lipinski definition) is 3. The third kappa shape index (κ3) is 9.50. The van der Waals surface area contributed by atoms with Crippen LogP contribution in [0.15, 0.2) is 0 Å². The summed E-state index contributed by atoms with van der Waals surface area (Å²) in [4.78, 5) is 34.6. The standard InChI is InChI=1S/C17H31NO6/c1-2-3-4-5-6-7-8-9-10-11-15(20)18(17(23)24)14(12-13-19)16(21)22/h14,19H,2-13H2,1H3,(H,21,22)(H,23,24)/t14-/m0/s1. The van der Waals surface area contributed by atoms with Crippen molar-refractivity contribution >= 4 is 18.0 Å². The van der Waals surface area contributed by atoms with E-state index in [-0.39, 0.29) is 12.8 Å². The number of hydrogen-bond acceptors (Lipinski definition) is 4. The summed E-state index contributed by atoms with van der Waals surface area (Å²) < 4.78 is 0. The maximum absolute atomic E-state index is 12.0. The number of carboxylic acids is 1. The zero-order valence-electron chi connectivity index (χ0n) is 14.6. The molecule has 140 valence electrons. The molecule has 3 N–H and O–H groups in total. The van der Waals surface area contributed by atoms with Gasteiger partial charge < -0.3 is 15.3 Å². The number of aliphatic hydroxyl groups excluding tert-OH is 1. The molecule has 0 aliphatic rings. The van der Waals surface area contributed by atoms with E-state index in [9.17, 15) is 14.4 Å². The number of imide groups is 1. The average Bonchev–Trinajstić information content (AvgIpc) is 2.52. The number of rotatable bonds is 14. The second-order valence-electron chi connectivity index (χ2n) is 5.99. The molecule has 0 aliphatic heterocycles. The van der Waals surface area contributed by atoms with Gasteiger partial charge in [-0.25, -0.2) is 14.5 Å². The summed E-state index contributed by atoms with van der Waals surface area (Å²) in [6, 6.07) is -1.53. The van der Waals surface area contributed by atoms with Gasteiger partial charge in [0, 0.05) is 19.4 Å². The van der Waals surface area contributed by atoms with Gasteiger partial charge in [0.1, 0.15) is 6.04 Å². The summed E-state index contributed by atoms with van der Waals surface area (Å²) in [6.45, 7) is 1.68. The van der Waals surface area contributed by atoms with Crippen LogP contribution in [0.4, 0.5) is 4.79 Å². The number of unbranched alkanes of at least 4 members (excludes halogenated alkanes) is 8. The molecule has 0 bridgehead atoms. The lowest BCUT2D eigenvalue weighted by atomic mass is 10.1. The van der Waals surface area contributed by atoms with Crippen molar-refractivity contribution < 1.29 is 29.7 Å². The van der Waals surface area contributed by atoms with Crippen LogP contribution in [0.25, 0.3) is 0 Å². The van der Waals surface area contributed by atoms with Crippen LogP contribution < -0.4 is 0 Å². The van der Waals surface area contributed by atoms with E-state index in [1.165, 1.54) is 32.1 Å². The average molecular weight is 345 g/mol. The van der Waals surface area contributed by atoms with Crippen LogP contribution >= 0.6 is 0 Å². The third-order valence-corrected chi connectivity index (χ3v) is 3.97. The molecule has 0 aromatic carbocycles. The number of aliphatic carboxylic acids is 1. The zero-order chi connectivity index (χ0) is 18.4. The number of carbonyl (C=O) groups excluding carboxylic acids is 1. The van der Waals surface area contributed by atoms with Gasteiger partial charge in [-0.3, -0.25) is 4.79 Å². The summed E-state index contributed by atoms with van der Waals surface area (Å²) in [6.07, 6.45) is 7.72. The Balaban J connectivity index is 4.12. The molecule has 0 aliphatic carbocycles. The Morgan fingerprint density at radius 2 is 1.38 bits per heavy atom. The van der Waals surface area contributed by atoms with E-state index in [0.717, 1.165) is 19.3 Å². The molecule has 0 aromatic rings. The van der Waals surface area contributed by atoms with Gasteiger partial charge in [-0.2, -0.15) is 0 Å². The van der Waals surface area contributed by atoms with E-state index >= 15 is 0 Å².